The Kier molecular flexibility index (Phi) is 11.1. The number of nitrogens with zero attached hydrogens (tertiary/aromatic N) is 2. The first-order chi connectivity index (χ1) is 21.7. The van der Waals surface area contributed by atoms with E-state index in [9.17, 15) is 31.2 Å². The second kappa shape index (κ2) is 14.6. The highest BCUT2D eigenvalue weighted by molar-refractivity contribution is 7.88. The monoisotopic (exact) mass is 664 g/mol. The van der Waals surface area contributed by atoms with Crippen molar-refractivity contribution >= 4 is 27.7 Å². The average Bonchev–Trinajstić information content (AvgIpc) is 2.98. The second-order valence-corrected chi connectivity index (χ2v) is 13.2. The number of hydrogen-bond donors (Lipinski definition) is 2. The fourth-order valence-electron chi connectivity index (χ4n) is 6.06. The zero-order valence-corrected chi connectivity index (χ0v) is 26.6. The average molecular weight is 665 g/mol. The number of sulfonamides is 1. The lowest BCUT2D eigenvalue weighted by atomic mass is 9.83. The number of nitrogens with one attached hydrogen (secondary N) is 2. The van der Waals surface area contributed by atoms with E-state index in [0.717, 1.165) is 42.5 Å². The zero-order chi connectivity index (χ0) is 33.8. The molecule has 2 N–H and O–H groups in total. The van der Waals surface area contributed by atoms with Crippen molar-refractivity contribution in [1.29, 1.82) is 0 Å². The van der Waals surface area contributed by atoms with Gasteiger partial charge in [0.2, 0.25) is 15.9 Å². The molecule has 4 rings (SSSR count). The molecule has 0 aromatic heterocycles. The molecule has 9 nitrogen and oxygen atoms in total. The third-order valence-electron chi connectivity index (χ3n) is 8.04. The molecule has 3 aromatic carbocycles. The standard InChI is InChI=1S/C32H36F4N4O5S/c1-19-17-37-18-25(40(19)46(4,43)44)12-13-26-27(36)6-5-7-28(26)38-31(41)30(39(2)32(42)45-3)29(20-8-10-22(33)11-9-20)21-14-23(34)16-24(35)15-21/h5-11,14-16,19,25,29-30,37H,12-13,17-18H2,1-4H3,(H,38,41). The van der Waals surface area contributed by atoms with Crippen LogP contribution in [0.1, 0.15) is 36.0 Å². The maximum absolute atomic E-state index is 15.3. The third kappa shape index (κ3) is 8.03. The van der Waals surface area contributed by atoms with Gasteiger partial charge in [-0.25, -0.2) is 30.8 Å². The number of amides is 2. The molecule has 1 fully saturated rings. The van der Waals surface area contributed by atoms with Crippen molar-refractivity contribution in [1.82, 2.24) is 14.5 Å². The molecule has 0 saturated carbocycles. The quantitative estimate of drug-likeness (QED) is 0.306. The van der Waals surface area contributed by atoms with Gasteiger partial charge in [-0.05, 0) is 67.3 Å². The molecule has 1 aliphatic rings. The molecule has 3 aromatic rings. The molecule has 0 aliphatic carbocycles. The topological polar surface area (TPSA) is 108 Å². The van der Waals surface area contributed by atoms with Gasteiger partial charge >= 0.3 is 6.09 Å². The fourth-order valence-corrected chi connectivity index (χ4v) is 7.51. The zero-order valence-electron chi connectivity index (χ0n) is 25.8. The van der Waals surface area contributed by atoms with Gasteiger partial charge in [0.15, 0.2) is 0 Å². The summed E-state index contributed by atoms with van der Waals surface area (Å²) >= 11 is 0. The van der Waals surface area contributed by atoms with Crippen LogP contribution in [0.2, 0.25) is 0 Å². The van der Waals surface area contributed by atoms with Crippen LogP contribution < -0.4 is 10.6 Å². The number of methoxy groups -OCH3 is 1. The lowest BCUT2D eigenvalue weighted by Crippen LogP contribution is -2.58. The largest absolute Gasteiger partial charge is 0.453 e. The lowest BCUT2D eigenvalue weighted by Gasteiger charge is -2.39. The normalized spacial score (nSPS) is 18.4. The van der Waals surface area contributed by atoms with Gasteiger partial charge in [-0.2, -0.15) is 4.31 Å². The van der Waals surface area contributed by atoms with Crippen LogP contribution in [0.15, 0.2) is 60.7 Å². The second-order valence-electron chi connectivity index (χ2n) is 11.3. The molecule has 4 unspecified atom stereocenters. The lowest BCUT2D eigenvalue weighted by molar-refractivity contribution is -0.120. The number of benzene rings is 3. The number of anilines is 1. The summed E-state index contributed by atoms with van der Waals surface area (Å²) in [6, 6.07) is 9.23. The molecule has 0 spiro atoms. The van der Waals surface area contributed by atoms with Gasteiger partial charge < -0.3 is 15.4 Å². The number of piperazine rings is 1. The van der Waals surface area contributed by atoms with E-state index >= 15 is 4.39 Å². The minimum atomic E-state index is -3.57. The van der Waals surface area contributed by atoms with Crippen molar-refractivity contribution in [2.45, 2.75) is 43.8 Å². The van der Waals surface area contributed by atoms with Gasteiger partial charge in [0, 0.05) is 55.5 Å². The number of hydrogen-bond acceptors (Lipinski definition) is 6. The molecular weight excluding hydrogens is 628 g/mol. The molecule has 0 bridgehead atoms. The van der Waals surface area contributed by atoms with E-state index in [1.165, 1.54) is 41.7 Å². The maximum Gasteiger partial charge on any atom is 0.409 e. The minimum Gasteiger partial charge on any atom is -0.453 e. The SMILES string of the molecule is COC(=O)N(C)C(C(=O)Nc1cccc(F)c1CCC1CNCC(C)N1S(C)(=O)=O)C(c1ccc(F)cc1)c1cc(F)cc(F)c1. The van der Waals surface area contributed by atoms with Gasteiger partial charge in [-0.15, -0.1) is 0 Å². The highest BCUT2D eigenvalue weighted by Gasteiger charge is 2.39. The van der Waals surface area contributed by atoms with Crippen molar-refractivity contribution in [2.75, 3.05) is 38.8 Å². The van der Waals surface area contributed by atoms with E-state index in [0.29, 0.717) is 19.2 Å². The first-order valence-electron chi connectivity index (χ1n) is 14.5. The molecule has 4 atom stereocenters. The van der Waals surface area contributed by atoms with Crippen LogP contribution in [0.25, 0.3) is 0 Å². The molecule has 2 amide bonds. The summed E-state index contributed by atoms with van der Waals surface area (Å²) in [6.07, 6.45) is 0.432. The number of halogens is 4. The van der Waals surface area contributed by atoms with Gasteiger partial charge in [-0.3, -0.25) is 9.69 Å². The van der Waals surface area contributed by atoms with Gasteiger partial charge in [0.05, 0.1) is 13.4 Å². The summed E-state index contributed by atoms with van der Waals surface area (Å²) in [5.41, 5.74) is 0.372. The van der Waals surface area contributed by atoms with Crippen molar-refractivity contribution < 1.29 is 40.3 Å². The Morgan fingerprint density at radius 3 is 2.26 bits per heavy atom. The Labute approximate surface area is 265 Å². The van der Waals surface area contributed by atoms with Crippen LogP contribution in [0.5, 0.6) is 0 Å². The van der Waals surface area contributed by atoms with Crippen LogP contribution in [-0.2, 0) is 26.0 Å². The van der Waals surface area contributed by atoms with E-state index in [1.54, 1.807) is 6.92 Å². The van der Waals surface area contributed by atoms with Gasteiger partial charge in [-0.1, -0.05) is 18.2 Å². The maximum atomic E-state index is 15.3. The molecule has 14 heteroatoms. The predicted octanol–water partition coefficient (Wildman–Crippen LogP) is 4.63. The molecule has 1 saturated heterocycles. The Balaban J connectivity index is 1.74. The van der Waals surface area contributed by atoms with Crippen LogP contribution in [-0.4, -0.2) is 81.3 Å². The van der Waals surface area contributed by atoms with E-state index in [2.05, 4.69) is 10.6 Å². The Morgan fingerprint density at radius 2 is 1.65 bits per heavy atom. The molecule has 1 heterocycles. The Bertz CT molecular complexity index is 1660. The van der Waals surface area contributed by atoms with Crippen molar-refractivity contribution in [2.24, 2.45) is 0 Å². The number of carbonyl (C=O) groups is 2. The highest BCUT2D eigenvalue weighted by atomic mass is 32.2. The van der Waals surface area contributed by atoms with E-state index in [4.69, 9.17) is 4.74 Å². The van der Waals surface area contributed by atoms with Crippen LogP contribution in [0.4, 0.5) is 28.0 Å². The number of ether oxygens (including phenoxy) is 1. The number of rotatable bonds is 10. The van der Waals surface area contributed by atoms with Gasteiger partial charge in [0.25, 0.3) is 0 Å². The molecule has 0 radical (unpaired) electrons. The summed E-state index contributed by atoms with van der Waals surface area (Å²) in [5, 5.41) is 5.86. The Morgan fingerprint density at radius 1 is 1.00 bits per heavy atom. The van der Waals surface area contributed by atoms with Crippen LogP contribution in [0.3, 0.4) is 0 Å². The molecular formula is C32H36F4N4O5S. The highest BCUT2D eigenvalue weighted by Crippen LogP contribution is 2.34. The summed E-state index contributed by atoms with van der Waals surface area (Å²) in [7, 11) is -1.22. The minimum absolute atomic E-state index is 0.0285. The van der Waals surface area contributed by atoms with Crippen molar-refractivity contribution in [3.05, 3.63) is 101 Å². The van der Waals surface area contributed by atoms with Crippen LogP contribution in [0, 0.1) is 23.3 Å². The molecule has 46 heavy (non-hydrogen) atoms. The van der Waals surface area contributed by atoms with E-state index in [1.807, 2.05) is 0 Å². The first-order valence-corrected chi connectivity index (χ1v) is 16.4. The predicted molar refractivity (Wildman–Crippen MR) is 165 cm³/mol. The van der Waals surface area contributed by atoms with E-state index in [-0.39, 0.29) is 41.3 Å². The number of carbonyl (C=O) groups excluding carboxylic acids is 2. The number of likely N-dealkylation sites (N-methyl/N-ethyl adjacent to an activating group) is 1. The smallest absolute Gasteiger partial charge is 0.409 e. The summed E-state index contributed by atoms with van der Waals surface area (Å²) in [6.45, 7) is 2.59. The molecule has 248 valence electrons. The summed E-state index contributed by atoms with van der Waals surface area (Å²) in [4.78, 5) is 27.9. The first kappa shape index (κ1) is 34.9. The summed E-state index contributed by atoms with van der Waals surface area (Å²) in [5.74, 6) is -5.22. The van der Waals surface area contributed by atoms with Crippen molar-refractivity contribution in [3.63, 3.8) is 0 Å². The van der Waals surface area contributed by atoms with E-state index < -0.39 is 63.3 Å². The summed E-state index contributed by atoms with van der Waals surface area (Å²) < 4.78 is 89.5. The van der Waals surface area contributed by atoms with Crippen LogP contribution >= 0.6 is 0 Å². The molecule has 1 aliphatic heterocycles. The Hall–Kier alpha value is -4.01. The third-order valence-corrected chi connectivity index (χ3v) is 9.46. The van der Waals surface area contributed by atoms with Gasteiger partial charge in [0.1, 0.15) is 29.3 Å². The van der Waals surface area contributed by atoms with Crippen molar-refractivity contribution in [3.8, 4) is 0 Å². The fraction of sp³-hybridized carbons (Fsp3) is 0.375.